The van der Waals surface area contributed by atoms with Gasteiger partial charge in [-0.3, -0.25) is 4.68 Å². The van der Waals surface area contributed by atoms with Crippen molar-refractivity contribution in [1.82, 2.24) is 9.78 Å². The fourth-order valence-corrected chi connectivity index (χ4v) is 1.78. The van der Waals surface area contributed by atoms with Crippen LogP contribution in [0, 0.1) is 6.92 Å². The summed E-state index contributed by atoms with van der Waals surface area (Å²) < 4.78 is 6.80. The van der Waals surface area contributed by atoms with E-state index in [-0.39, 0.29) is 5.75 Å². The Hall–Kier alpha value is -2.17. The number of aryl methyl sites for hydroxylation is 2. The minimum absolute atomic E-state index is 0.225. The van der Waals surface area contributed by atoms with Gasteiger partial charge >= 0.3 is 0 Å². The van der Waals surface area contributed by atoms with Crippen LogP contribution >= 0.6 is 0 Å². The van der Waals surface area contributed by atoms with Crippen molar-refractivity contribution in [3.05, 3.63) is 35.7 Å². The lowest BCUT2D eigenvalue weighted by molar-refractivity contribution is 0.406. The lowest BCUT2D eigenvalue weighted by Gasteiger charge is -2.08. The molecule has 2 rings (SSSR count). The molecule has 18 heavy (non-hydrogen) atoms. The summed E-state index contributed by atoms with van der Waals surface area (Å²) in [5, 5.41) is 17.3. The normalized spacial score (nSPS) is 10.4. The number of hydrogen-bond donors (Lipinski definition) is 2. The van der Waals surface area contributed by atoms with Crippen molar-refractivity contribution < 1.29 is 9.84 Å². The average molecular weight is 247 g/mol. The smallest absolute Gasteiger partial charge is 0.124 e. The van der Waals surface area contributed by atoms with E-state index >= 15 is 0 Å². The van der Waals surface area contributed by atoms with Crippen LogP contribution in [0.3, 0.4) is 0 Å². The summed E-state index contributed by atoms with van der Waals surface area (Å²) >= 11 is 0. The Bertz CT molecular complexity index is 549. The van der Waals surface area contributed by atoms with Crippen molar-refractivity contribution in [1.29, 1.82) is 0 Å². The summed E-state index contributed by atoms with van der Waals surface area (Å²) in [6.07, 6.45) is 1.91. The molecule has 0 unspecified atom stereocenters. The van der Waals surface area contributed by atoms with Crippen LogP contribution in [-0.4, -0.2) is 22.0 Å². The van der Waals surface area contributed by atoms with Gasteiger partial charge in [0, 0.05) is 31.4 Å². The molecule has 0 atom stereocenters. The number of ether oxygens (including phenoxy) is 1. The van der Waals surface area contributed by atoms with Gasteiger partial charge in [0.1, 0.15) is 11.5 Å². The lowest BCUT2D eigenvalue weighted by Crippen LogP contribution is -2.00. The first-order valence-electron chi connectivity index (χ1n) is 5.70. The van der Waals surface area contributed by atoms with Crippen molar-refractivity contribution in [3.63, 3.8) is 0 Å². The second-order valence-corrected chi connectivity index (χ2v) is 4.15. The number of methoxy groups -OCH3 is 1. The third-order valence-corrected chi connectivity index (χ3v) is 2.78. The molecular formula is C13H17N3O2. The van der Waals surface area contributed by atoms with Crippen molar-refractivity contribution in [3.8, 4) is 11.5 Å². The zero-order valence-electron chi connectivity index (χ0n) is 10.8. The second kappa shape index (κ2) is 5.00. The predicted octanol–water partition coefficient (Wildman–Crippen LogP) is 2.05. The predicted molar refractivity (Wildman–Crippen MR) is 69.9 cm³/mol. The van der Waals surface area contributed by atoms with Gasteiger partial charge in [-0.05, 0) is 19.1 Å². The molecule has 2 aromatic rings. The summed E-state index contributed by atoms with van der Waals surface area (Å²) in [5.74, 6) is 0.872. The molecule has 0 fully saturated rings. The zero-order chi connectivity index (χ0) is 13.1. The van der Waals surface area contributed by atoms with Gasteiger partial charge in [-0.1, -0.05) is 0 Å². The molecule has 96 valence electrons. The number of benzene rings is 1. The maximum atomic E-state index is 9.83. The van der Waals surface area contributed by atoms with Gasteiger partial charge in [0.25, 0.3) is 0 Å². The highest BCUT2D eigenvalue weighted by Crippen LogP contribution is 2.24. The van der Waals surface area contributed by atoms with Crippen LogP contribution in [0.25, 0.3) is 0 Å². The molecule has 0 spiro atoms. The van der Waals surface area contributed by atoms with E-state index in [4.69, 9.17) is 4.74 Å². The highest BCUT2D eigenvalue weighted by Gasteiger charge is 2.06. The zero-order valence-corrected chi connectivity index (χ0v) is 10.8. The van der Waals surface area contributed by atoms with Gasteiger partial charge in [-0.2, -0.15) is 5.10 Å². The SMILES string of the molecule is COc1ccc(CNc2cn(C)nc2C)c(O)c1. The molecule has 2 N–H and O–H groups in total. The molecule has 5 nitrogen and oxygen atoms in total. The molecule has 0 saturated carbocycles. The number of phenols is 1. The minimum Gasteiger partial charge on any atom is -0.507 e. The van der Waals surface area contributed by atoms with E-state index in [1.54, 1.807) is 17.9 Å². The Morgan fingerprint density at radius 2 is 2.22 bits per heavy atom. The van der Waals surface area contributed by atoms with Crippen LogP contribution in [-0.2, 0) is 13.6 Å². The van der Waals surface area contributed by atoms with E-state index in [1.807, 2.05) is 32.3 Å². The molecule has 0 saturated heterocycles. The Labute approximate surface area is 106 Å². The summed E-state index contributed by atoms with van der Waals surface area (Å²) in [5.41, 5.74) is 2.72. The van der Waals surface area contributed by atoms with Crippen LogP contribution in [0.5, 0.6) is 11.5 Å². The number of aromatic nitrogens is 2. The summed E-state index contributed by atoms with van der Waals surface area (Å²) in [6, 6.07) is 5.27. The van der Waals surface area contributed by atoms with E-state index in [9.17, 15) is 5.11 Å². The maximum Gasteiger partial charge on any atom is 0.124 e. The Morgan fingerprint density at radius 1 is 1.44 bits per heavy atom. The van der Waals surface area contributed by atoms with Crippen LogP contribution in [0.4, 0.5) is 5.69 Å². The number of nitrogens with one attached hydrogen (secondary N) is 1. The second-order valence-electron chi connectivity index (χ2n) is 4.15. The van der Waals surface area contributed by atoms with Crippen LogP contribution in [0.15, 0.2) is 24.4 Å². The average Bonchev–Trinajstić information content (AvgIpc) is 2.66. The Morgan fingerprint density at radius 3 is 2.78 bits per heavy atom. The molecule has 0 radical (unpaired) electrons. The Balaban J connectivity index is 2.08. The highest BCUT2D eigenvalue weighted by molar-refractivity contribution is 5.48. The number of nitrogens with zero attached hydrogens (tertiary/aromatic N) is 2. The summed E-state index contributed by atoms with van der Waals surface area (Å²) in [7, 11) is 3.45. The summed E-state index contributed by atoms with van der Waals surface area (Å²) in [6.45, 7) is 2.48. The first-order chi connectivity index (χ1) is 8.60. The number of anilines is 1. The van der Waals surface area contributed by atoms with Crippen molar-refractivity contribution in [2.75, 3.05) is 12.4 Å². The Kier molecular flexibility index (Phi) is 3.41. The van der Waals surface area contributed by atoms with Crippen molar-refractivity contribution in [2.24, 2.45) is 7.05 Å². The van der Waals surface area contributed by atoms with Gasteiger partial charge in [0.15, 0.2) is 0 Å². The third kappa shape index (κ3) is 2.56. The molecule has 0 aliphatic heterocycles. The van der Waals surface area contributed by atoms with Gasteiger partial charge in [0.2, 0.25) is 0 Å². The minimum atomic E-state index is 0.225. The molecule has 0 amide bonds. The fraction of sp³-hybridized carbons (Fsp3) is 0.308. The third-order valence-electron chi connectivity index (χ3n) is 2.78. The first-order valence-corrected chi connectivity index (χ1v) is 5.70. The molecule has 0 aliphatic carbocycles. The van der Waals surface area contributed by atoms with E-state index in [0.717, 1.165) is 16.9 Å². The van der Waals surface area contributed by atoms with Crippen LogP contribution < -0.4 is 10.1 Å². The van der Waals surface area contributed by atoms with Gasteiger partial charge in [0.05, 0.1) is 18.5 Å². The standard InChI is InChI=1S/C13H17N3O2/c1-9-12(8-16(2)15-9)14-7-10-4-5-11(18-3)6-13(10)17/h4-6,8,14,17H,7H2,1-3H3. The topological polar surface area (TPSA) is 59.3 Å². The lowest BCUT2D eigenvalue weighted by atomic mass is 10.2. The number of rotatable bonds is 4. The van der Waals surface area contributed by atoms with Gasteiger partial charge in [-0.25, -0.2) is 0 Å². The van der Waals surface area contributed by atoms with Gasteiger partial charge < -0.3 is 15.2 Å². The number of hydrogen-bond acceptors (Lipinski definition) is 4. The molecule has 1 heterocycles. The number of aromatic hydroxyl groups is 1. The molecule has 1 aromatic carbocycles. The highest BCUT2D eigenvalue weighted by atomic mass is 16.5. The number of phenolic OH excluding ortho intramolecular Hbond substituents is 1. The van der Waals surface area contributed by atoms with Gasteiger partial charge in [-0.15, -0.1) is 0 Å². The van der Waals surface area contributed by atoms with Crippen molar-refractivity contribution >= 4 is 5.69 Å². The van der Waals surface area contributed by atoms with Crippen LogP contribution in [0.1, 0.15) is 11.3 Å². The quantitative estimate of drug-likeness (QED) is 0.868. The summed E-state index contributed by atoms with van der Waals surface area (Å²) in [4.78, 5) is 0. The maximum absolute atomic E-state index is 9.83. The van der Waals surface area contributed by atoms with E-state index < -0.39 is 0 Å². The fourth-order valence-electron chi connectivity index (χ4n) is 1.78. The molecule has 5 heteroatoms. The molecule has 1 aromatic heterocycles. The monoisotopic (exact) mass is 247 g/mol. The van der Waals surface area contributed by atoms with E-state index in [0.29, 0.717) is 12.3 Å². The largest absolute Gasteiger partial charge is 0.507 e. The van der Waals surface area contributed by atoms with Crippen LogP contribution in [0.2, 0.25) is 0 Å². The molecular weight excluding hydrogens is 230 g/mol. The van der Waals surface area contributed by atoms with E-state index in [1.165, 1.54) is 0 Å². The van der Waals surface area contributed by atoms with E-state index in [2.05, 4.69) is 10.4 Å². The molecule has 0 aliphatic rings. The van der Waals surface area contributed by atoms with Crippen molar-refractivity contribution in [2.45, 2.75) is 13.5 Å². The molecule has 0 bridgehead atoms. The first kappa shape index (κ1) is 12.3.